The first-order valence-electron chi connectivity index (χ1n) is 9.02. The largest absolute Gasteiger partial charge is 0.354 e. The van der Waals surface area contributed by atoms with Crippen LogP contribution in [0.25, 0.3) is 0 Å². The second kappa shape index (κ2) is 10.1. The van der Waals surface area contributed by atoms with Crippen LogP contribution in [0.4, 0.5) is 0 Å². The summed E-state index contributed by atoms with van der Waals surface area (Å²) in [6, 6.07) is 7.62. The van der Waals surface area contributed by atoms with Gasteiger partial charge in [-0.15, -0.1) is 0 Å². The van der Waals surface area contributed by atoms with Crippen molar-refractivity contribution in [3.8, 4) is 0 Å². The summed E-state index contributed by atoms with van der Waals surface area (Å²) in [5.41, 5.74) is 2.24. The highest BCUT2D eigenvalue weighted by molar-refractivity contribution is 5.87. The standard InChI is InChI=1S/C20H32N2O2/c1-6-10-19(23)22(14-17-12-9-8-11-16(17)5)18(7-2)20(24)21-13-15(3)4/h8-9,11-12,15,18H,6-7,10,13-14H2,1-5H3,(H,21,24)/t18-/m0/s1. The summed E-state index contributed by atoms with van der Waals surface area (Å²) in [7, 11) is 0. The van der Waals surface area contributed by atoms with Gasteiger partial charge in [0, 0.05) is 19.5 Å². The fourth-order valence-electron chi connectivity index (χ4n) is 2.67. The molecular weight excluding hydrogens is 300 g/mol. The lowest BCUT2D eigenvalue weighted by atomic mass is 10.1. The molecule has 4 nitrogen and oxygen atoms in total. The van der Waals surface area contributed by atoms with Crippen molar-refractivity contribution in [3.05, 3.63) is 35.4 Å². The van der Waals surface area contributed by atoms with Gasteiger partial charge in [0.25, 0.3) is 0 Å². The maximum absolute atomic E-state index is 12.6. The molecule has 0 heterocycles. The van der Waals surface area contributed by atoms with Crippen LogP contribution in [0.15, 0.2) is 24.3 Å². The molecule has 0 aliphatic carbocycles. The summed E-state index contributed by atoms with van der Waals surface area (Å²) >= 11 is 0. The van der Waals surface area contributed by atoms with Gasteiger partial charge in [-0.1, -0.05) is 52.0 Å². The Morgan fingerprint density at radius 1 is 1.17 bits per heavy atom. The third-order valence-corrected chi connectivity index (χ3v) is 4.14. The molecular formula is C20H32N2O2. The molecule has 0 saturated heterocycles. The lowest BCUT2D eigenvalue weighted by molar-refractivity contribution is -0.141. The maximum atomic E-state index is 12.6. The molecule has 1 rings (SSSR count). The average Bonchev–Trinajstić information content (AvgIpc) is 2.54. The van der Waals surface area contributed by atoms with Gasteiger partial charge >= 0.3 is 0 Å². The summed E-state index contributed by atoms with van der Waals surface area (Å²) in [6.07, 6.45) is 1.87. The SMILES string of the molecule is CCCC(=O)N(Cc1ccccc1C)[C@@H](CC)C(=O)NCC(C)C. The maximum Gasteiger partial charge on any atom is 0.242 e. The molecule has 1 N–H and O–H groups in total. The number of aryl methyl sites for hydroxylation is 1. The van der Waals surface area contributed by atoms with Gasteiger partial charge in [-0.05, 0) is 36.8 Å². The highest BCUT2D eigenvalue weighted by atomic mass is 16.2. The Kier molecular flexibility index (Phi) is 8.51. The van der Waals surface area contributed by atoms with E-state index >= 15 is 0 Å². The van der Waals surface area contributed by atoms with E-state index < -0.39 is 6.04 Å². The molecule has 0 aliphatic rings. The molecule has 2 amide bonds. The molecule has 134 valence electrons. The molecule has 0 aromatic heterocycles. The Balaban J connectivity index is 2.99. The normalized spacial score (nSPS) is 12.1. The number of hydrogen-bond acceptors (Lipinski definition) is 2. The van der Waals surface area contributed by atoms with Crippen molar-refractivity contribution >= 4 is 11.8 Å². The number of benzene rings is 1. The highest BCUT2D eigenvalue weighted by Crippen LogP contribution is 2.16. The monoisotopic (exact) mass is 332 g/mol. The molecule has 0 radical (unpaired) electrons. The fraction of sp³-hybridized carbons (Fsp3) is 0.600. The average molecular weight is 332 g/mol. The van der Waals surface area contributed by atoms with Crippen molar-refractivity contribution in [3.63, 3.8) is 0 Å². The van der Waals surface area contributed by atoms with Gasteiger partial charge in [0.15, 0.2) is 0 Å². The van der Waals surface area contributed by atoms with Crippen LogP contribution in [0.2, 0.25) is 0 Å². The molecule has 0 spiro atoms. The summed E-state index contributed by atoms with van der Waals surface area (Å²) in [5, 5.41) is 2.98. The minimum atomic E-state index is -0.414. The van der Waals surface area contributed by atoms with E-state index in [2.05, 4.69) is 19.2 Å². The number of carbonyl (C=O) groups is 2. The summed E-state index contributed by atoms with van der Waals surface area (Å²) in [5.74, 6) is 0.388. The predicted molar refractivity (Wildman–Crippen MR) is 98.6 cm³/mol. The number of carbonyl (C=O) groups excluding carboxylic acids is 2. The van der Waals surface area contributed by atoms with Crippen molar-refractivity contribution in [1.82, 2.24) is 10.2 Å². The molecule has 4 heteroatoms. The predicted octanol–water partition coefficient (Wildman–Crippen LogP) is 3.67. The van der Waals surface area contributed by atoms with E-state index in [1.54, 1.807) is 4.90 Å². The van der Waals surface area contributed by atoms with Crippen LogP contribution >= 0.6 is 0 Å². The molecule has 24 heavy (non-hydrogen) atoms. The van der Waals surface area contributed by atoms with Gasteiger partial charge in [-0.25, -0.2) is 0 Å². The van der Waals surface area contributed by atoms with E-state index in [9.17, 15) is 9.59 Å². The van der Waals surface area contributed by atoms with E-state index in [1.807, 2.05) is 45.0 Å². The second-order valence-electron chi connectivity index (χ2n) is 6.76. The molecule has 1 aromatic carbocycles. The summed E-state index contributed by atoms with van der Waals surface area (Å²) < 4.78 is 0. The highest BCUT2D eigenvalue weighted by Gasteiger charge is 2.28. The molecule has 1 atom stereocenters. The quantitative estimate of drug-likeness (QED) is 0.750. The molecule has 0 unspecified atom stereocenters. The second-order valence-corrected chi connectivity index (χ2v) is 6.76. The zero-order valence-corrected chi connectivity index (χ0v) is 15.8. The van der Waals surface area contributed by atoms with E-state index in [-0.39, 0.29) is 11.8 Å². The van der Waals surface area contributed by atoms with Crippen molar-refractivity contribution in [2.75, 3.05) is 6.54 Å². The minimum Gasteiger partial charge on any atom is -0.354 e. The van der Waals surface area contributed by atoms with E-state index in [0.717, 1.165) is 17.5 Å². The Labute approximate surface area is 146 Å². The van der Waals surface area contributed by atoms with Crippen LogP contribution in [0, 0.1) is 12.8 Å². The Morgan fingerprint density at radius 2 is 1.83 bits per heavy atom. The topological polar surface area (TPSA) is 49.4 Å². The van der Waals surface area contributed by atoms with Gasteiger partial charge in [-0.2, -0.15) is 0 Å². The smallest absolute Gasteiger partial charge is 0.242 e. The van der Waals surface area contributed by atoms with Crippen LogP contribution in [0.5, 0.6) is 0 Å². The number of hydrogen-bond donors (Lipinski definition) is 1. The van der Waals surface area contributed by atoms with Crippen molar-refractivity contribution in [2.45, 2.75) is 66.5 Å². The zero-order valence-electron chi connectivity index (χ0n) is 15.8. The third-order valence-electron chi connectivity index (χ3n) is 4.14. The van der Waals surface area contributed by atoms with Crippen molar-refractivity contribution < 1.29 is 9.59 Å². The van der Waals surface area contributed by atoms with Gasteiger partial charge in [0.2, 0.25) is 11.8 Å². The lowest BCUT2D eigenvalue weighted by Crippen LogP contribution is -2.49. The lowest BCUT2D eigenvalue weighted by Gasteiger charge is -2.31. The number of amides is 2. The van der Waals surface area contributed by atoms with Gasteiger partial charge < -0.3 is 10.2 Å². The van der Waals surface area contributed by atoms with Crippen molar-refractivity contribution in [2.24, 2.45) is 5.92 Å². The molecule has 0 saturated carbocycles. The van der Waals surface area contributed by atoms with Crippen molar-refractivity contribution in [1.29, 1.82) is 0 Å². The first kappa shape index (κ1) is 20.2. The van der Waals surface area contributed by atoms with Crippen LogP contribution in [0.3, 0.4) is 0 Å². The Bertz CT molecular complexity index is 540. The van der Waals surface area contributed by atoms with Crippen LogP contribution in [-0.4, -0.2) is 29.3 Å². The van der Waals surface area contributed by atoms with Gasteiger partial charge in [0.05, 0.1) is 0 Å². The van der Waals surface area contributed by atoms with Gasteiger partial charge in [-0.3, -0.25) is 9.59 Å². The van der Waals surface area contributed by atoms with E-state index in [0.29, 0.717) is 31.8 Å². The fourth-order valence-corrected chi connectivity index (χ4v) is 2.67. The third kappa shape index (κ3) is 5.99. The number of rotatable bonds is 9. The summed E-state index contributed by atoms with van der Waals surface area (Å²) in [4.78, 5) is 27.0. The van der Waals surface area contributed by atoms with E-state index in [4.69, 9.17) is 0 Å². The Hall–Kier alpha value is -1.84. The first-order chi connectivity index (χ1) is 11.4. The number of nitrogens with one attached hydrogen (secondary N) is 1. The van der Waals surface area contributed by atoms with Crippen LogP contribution < -0.4 is 5.32 Å². The Morgan fingerprint density at radius 3 is 2.38 bits per heavy atom. The molecule has 1 aromatic rings. The minimum absolute atomic E-state index is 0.0484. The number of nitrogens with zero attached hydrogens (tertiary/aromatic N) is 1. The van der Waals surface area contributed by atoms with Gasteiger partial charge in [0.1, 0.15) is 6.04 Å². The molecule has 0 aliphatic heterocycles. The zero-order chi connectivity index (χ0) is 18.1. The molecule has 0 bridgehead atoms. The summed E-state index contributed by atoms with van der Waals surface area (Å²) in [6.45, 7) is 11.2. The first-order valence-corrected chi connectivity index (χ1v) is 9.02. The molecule has 0 fully saturated rings. The van der Waals surface area contributed by atoms with Crippen LogP contribution in [-0.2, 0) is 16.1 Å². The van der Waals surface area contributed by atoms with Crippen LogP contribution in [0.1, 0.15) is 58.1 Å². The van der Waals surface area contributed by atoms with E-state index in [1.165, 1.54) is 0 Å².